The van der Waals surface area contributed by atoms with E-state index in [4.69, 9.17) is 16.3 Å². The van der Waals surface area contributed by atoms with Gasteiger partial charge < -0.3 is 10.1 Å². The smallest absolute Gasteiger partial charge is 0.129 e. The van der Waals surface area contributed by atoms with E-state index in [0.29, 0.717) is 5.15 Å². The van der Waals surface area contributed by atoms with Crippen molar-refractivity contribution in [2.75, 3.05) is 12.4 Å². The maximum atomic E-state index is 5.82. The second-order valence-corrected chi connectivity index (χ2v) is 4.41. The van der Waals surface area contributed by atoms with Crippen LogP contribution in [-0.4, -0.2) is 12.1 Å². The topological polar surface area (TPSA) is 34.1 Å². The molecule has 1 aromatic carbocycles. The van der Waals surface area contributed by atoms with Gasteiger partial charge in [0.2, 0.25) is 0 Å². The molecule has 0 unspecified atom stereocenters. The highest BCUT2D eigenvalue weighted by atomic mass is 35.5. The van der Waals surface area contributed by atoms with E-state index in [0.717, 1.165) is 29.1 Å². The summed E-state index contributed by atoms with van der Waals surface area (Å²) < 4.78 is 5.19. The average Bonchev–Trinajstić information content (AvgIpc) is 2.38. The number of anilines is 1. The van der Waals surface area contributed by atoms with Gasteiger partial charge in [-0.05, 0) is 36.2 Å². The van der Waals surface area contributed by atoms with Crippen LogP contribution in [0, 0.1) is 6.92 Å². The predicted molar refractivity (Wildman–Crippen MR) is 74.3 cm³/mol. The van der Waals surface area contributed by atoms with Crippen LogP contribution in [0.5, 0.6) is 5.75 Å². The van der Waals surface area contributed by atoms with E-state index >= 15 is 0 Å². The van der Waals surface area contributed by atoms with Crippen molar-refractivity contribution in [3.63, 3.8) is 0 Å². The molecule has 1 N–H and O–H groups in total. The molecular weight excluding hydrogens is 248 g/mol. The Morgan fingerprint density at radius 1 is 1.33 bits per heavy atom. The highest BCUT2D eigenvalue weighted by Gasteiger charge is 2.01. The molecule has 94 valence electrons. The van der Waals surface area contributed by atoms with E-state index in [9.17, 15) is 0 Å². The van der Waals surface area contributed by atoms with Crippen LogP contribution >= 0.6 is 11.6 Å². The Balaban J connectivity index is 2.06. The molecule has 0 aliphatic carbocycles. The number of nitrogens with zero attached hydrogens (tertiary/aromatic N) is 1. The van der Waals surface area contributed by atoms with Crippen LogP contribution < -0.4 is 10.1 Å². The molecule has 0 fully saturated rings. The van der Waals surface area contributed by atoms with Crippen molar-refractivity contribution in [3.8, 4) is 5.75 Å². The highest BCUT2D eigenvalue weighted by Crippen LogP contribution is 2.18. The lowest BCUT2D eigenvalue weighted by Gasteiger charge is -2.10. The molecule has 0 spiro atoms. The Labute approximate surface area is 112 Å². The van der Waals surface area contributed by atoms with Crippen molar-refractivity contribution in [3.05, 3.63) is 52.8 Å². The van der Waals surface area contributed by atoms with Gasteiger partial charge in [0.15, 0.2) is 0 Å². The summed E-state index contributed by atoms with van der Waals surface area (Å²) in [5, 5.41) is 3.84. The molecule has 2 rings (SSSR count). The molecule has 4 heteroatoms. The molecule has 0 saturated carbocycles. The standard InChI is InChI=1S/C14H15ClN2O/c1-10-6-14(15)17-9-13(10)16-8-11-4-3-5-12(7-11)18-2/h3-7,9,16H,8H2,1-2H3. The second-order valence-electron chi connectivity index (χ2n) is 4.03. The SMILES string of the molecule is COc1cccc(CNc2cnc(Cl)cc2C)c1. The Morgan fingerprint density at radius 2 is 2.17 bits per heavy atom. The molecule has 3 nitrogen and oxygen atoms in total. The van der Waals surface area contributed by atoms with Gasteiger partial charge in [0.05, 0.1) is 19.0 Å². The van der Waals surface area contributed by atoms with E-state index in [-0.39, 0.29) is 0 Å². The lowest BCUT2D eigenvalue weighted by atomic mass is 10.2. The number of aryl methyl sites for hydroxylation is 1. The summed E-state index contributed by atoms with van der Waals surface area (Å²) in [5.74, 6) is 0.861. The first kappa shape index (κ1) is 12.7. The summed E-state index contributed by atoms with van der Waals surface area (Å²) >= 11 is 5.82. The Hall–Kier alpha value is -1.74. The number of pyridine rings is 1. The maximum Gasteiger partial charge on any atom is 0.129 e. The first-order valence-electron chi connectivity index (χ1n) is 5.68. The Bertz CT molecular complexity index is 543. The molecule has 0 aliphatic heterocycles. The van der Waals surface area contributed by atoms with Crippen molar-refractivity contribution >= 4 is 17.3 Å². The number of halogens is 1. The maximum absolute atomic E-state index is 5.82. The number of benzene rings is 1. The zero-order valence-electron chi connectivity index (χ0n) is 10.4. The van der Waals surface area contributed by atoms with Crippen LogP contribution in [-0.2, 0) is 6.54 Å². The third-order valence-electron chi connectivity index (χ3n) is 2.69. The lowest BCUT2D eigenvalue weighted by Crippen LogP contribution is -2.01. The minimum atomic E-state index is 0.513. The van der Waals surface area contributed by atoms with Crippen LogP contribution in [0.4, 0.5) is 5.69 Å². The van der Waals surface area contributed by atoms with E-state index in [2.05, 4.69) is 10.3 Å². The molecular formula is C14H15ClN2O. The van der Waals surface area contributed by atoms with Crippen LogP contribution in [0.2, 0.25) is 5.15 Å². The fraction of sp³-hybridized carbons (Fsp3) is 0.214. The molecule has 0 bridgehead atoms. The van der Waals surface area contributed by atoms with Crippen molar-refractivity contribution in [1.82, 2.24) is 4.98 Å². The summed E-state index contributed by atoms with van der Waals surface area (Å²) in [5.41, 5.74) is 3.23. The summed E-state index contributed by atoms with van der Waals surface area (Å²) in [6.07, 6.45) is 1.75. The molecule has 0 atom stereocenters. The molecule has 0 aliphatic rings. The van der Waals surface area contributed by atoms with E-state index < -0.39 is 0 Å². The summed E-state index contributed by atoms with van der Waals surface area (Å²) in [6, 6.07) is 9.80. The first-order valence-corrected chi connectivity index (χ1v) is 6.06. The second kappa shape index (κ2) is 5.74. The summed E-state index contributed by atoms with van der Waals surface area (Å²) in [4.78, 5) is 4.06. The van der Waals surface area contributed by atoms with Crippen molar-refractivity contribution in [1.29, 1.82) is 0 Å². The number of aromatic nitrogens is 1. The molecule has 18 heavy (non-hydrogen) atoms. The number of methoxy groups -OCH3 is 1. The number of rotatable bonds is 4. The number of nitrogens with one attached hydrogen (secondary N) is 1. The van der Waals surface area contributed by atoms with Crippen LogP contribution in [0.3, 0.4) is 0 Å². The minimum absolute atomic E-state index is 0.513. The number of hydrogen-bond donors (Lipinski definition) is 1. The Kier molecular flexibility index (Phi) is 4.05. The van der Waals surface area contributed by atoms with Crippen molar-refractivity contribution < 1.29 is 4.74 Å². The average molecular weight is 263 g/mol. The van der Waals surface area contributed by atoms with Gasteiger partial charge >= 0.3 is 0 Å². The number of hydrogen-bond acceptors (Lipinski definition) is 3. The van der Waals surface area contributed by atoms with Crippen LogP contribution in [0.15, 0.2) is 36.5 Å². The largest absolute Gasteiger partial charge is 0.497 e. The predicted octanol–water partition coefficient (Wildman–Crippen LogP) is 3.66. The molecule has 0 amide bonds. The van der Waals surface area contributed by atoms with E-state index in [1.165, 1.54) is 0 Å². The summed E-state index contributed by atoms with van der Waals surface area (Å²) in [6.45, 7) is 2.73. The number of ether oxygens (including phenoxy) is 1. The molecule has 1 aromatic heterocycles. The monoisotopic (exact) mass is 262 g/mol. The fourth-order valence-electron chi connectivity index (χ4n) is 1.69. The third kappa shape index (κ3) is 3.14. The van der Waals surface area contributed by atoms with Gasteiger partial charge in [-0.2, -0.15) is 0 Å². The van der Waals surface area contributed by atoms with Crippen molar-refractivity contribution in [2.24, 2.45) is 0 Å². The molecule has 1 heterocycles. The van der Waals surface area contributed by atoms with Crippen LogP contribution in [0.25, 0.3) is 0 Å². The van der Waals surface area contributed by atoms with Gasteiger partial charge in [0, 0.05) is 6.54 Å². The lowest BCUT2D eigenvalue weighted by molar-refractivity contribution is 0.414. The fourth-order valence-corrected chi connectivity index (χ4v) is 1.90. The van der Waals surface area contributed by atoms with Gasteiger partial charge in [-0.15, -0.1) is 0 Å². The van der Waals surface area contributed by atoms with E-state index in [1.54, 1.807) is 13.3 Å². The molecule has 0 radical (unpaired) electrons. The van der Waals surface area contributed by atoms with E-state index in [1.807, 2.05) is 37.3 Å². The minimum Gasteiger partial charge on any atom is -0.497 e. The Morgan fingerprint density at radius 3 is 2.89 bits per heavy atom. The highest BCUT2D eigenvalue weighted by molar-refractivity contribution is 6.29. The normalized spacial score (nSPS) is 10.2. The van der Waals surface area contributed by atoms with Gasteiger partial charge in [-0.25, -0.2) is 4.98 Å². The van der Waals surface area contributed by atoms with Crippen molar-refractivity contribution in [2.45, 2.75) is 13.5 Å². The zero-order chi connectivity index (χ0) is 13.0. The van der Waals surface area contributed by atoms with Crippen LogP contribution in [0.1, 0.15) is 11.1 Å². The molecule has 0 saturated heterocycles. The molecule has 2 aromatic rings. The summed E-state index contributed by atoms with van der Waals surface area (Å²) in [7, 11) is 1.67. The van der Waals surface area contributed by atoms with Gasteiger partial charge in [0.1, 0.15) is 10.9 Å². The first-order chi connectivity index (χ1) is 8.69. The third-order valence-corrected chi connectivity index (χ3v) is 2.90. The quantitative estimate of drug-likeness (QED) is 0.854. The van der Waals surface area contributed by atoms with Gasteiger partial charge in [-0.3, -0.25) is 0 Å². The zero-order valence-corrected chi connectivity index (χ0v) is 11.2. The van der Waals surface area contributed by atoms with Gasteiger partial charge in [-0.1, -0.05) is 23.7 Å². The van der Waals surface area contributed by atoms with Gasteiger partial charge in [0.25, 0.3) is 0 Å².